The fourth-order valence-electron chi connectivity index (χ4n) is 5.39. The maximum Gasteiger partial charge on any atom is 0.318 e. The molecule has 1 heterocycles. The Bertz CT molecular complexity index is 1070. The lowest BCUT2D eigenvalue weighted by molar-refractivity contribution is -0.174. The molecule has 0 aromatic heterocycles. The minimum absolute atomic E-state index is 0.111. The zero-order valence-corrected chi connectivity index (χ0v) is 21.9. The second-order valence-corrected chi connectivity index (χ2v) is 10.6. The van der Waals surface area contributed by atoms with Gasteiger partial charge in [-0.2, -0.15) is 0 Å². The van der Waals surface area contributed by atoms with Crippen LogP contribution < -0.4 is 0 Å². The summed E-state index contributed by atoms with van der Waals surface area (Å²) in [6, 6.07) is 29.4. The van der Waals surface area contributed by atoms with E-state index in [0.717, 1.165) is 55.6 Å². The van der Waals surface area contributed by atoms with Crippen LogP contribution in [0.4, 0.5) is 0 Å². The van der Waals surface area contributed by atoms with Gasteiger partial charge in [-0.15, -0.1) is 0 Å². The van der Waals surface area contributed by atoms with E-state index < -0.39 is 23.3 Å². The quantitative estimate of drug-likeness (QED) is 0.293. The molecule has 0 bridgehead atoms. The number of carbonyl (C=O) groups excluding carboxylic acids is 1. The predicted octanol–water partition coefficient (Wildman–Crippen LogP) is 5.25. The van der Waals surface area contributed by atoms with E-state index >= 15 is 0 Å². The highest BCUT2D eigenvalue weighted by Crippen LogP contribution is 2.41. The van der Waals surface area contributed by atoms with Crippen molar-refractivity contribution in [3.05, 3.63) is 108 Å². The van der Waals surface area contributed by atoms with E-state index in [1.807, 2.05) is 105 Å². The summed E-state index contributed by atoms with van der Waals surface area (Å²) in [5.74, 6) is -0.312. The molecule has 0 radical (unpaired) electrons. The molecule has 1 aliphatic rings. The molecule has 4 rings (SSSR count). The van der Waals surface area contributed by atoms with Crippen LogP contribution in [0.1, 0.15) is 56.2 Å². The molecule has 5 nitrogen and oxygen atoms in total. The van der Waals surface area contributed by atoms with Gasteiger partial charge in [-0.25, -0.2) is 0 Å². The van der Waals surface area contributed by atoms with Gasteiger partial charge in [0, 0.05) is 6.42 Å². The Labute approximate surface area is 220 Å². The third kappa shape index (κ3) is 6.30. The lowest BCUT2D eigenvalue weighted by Crippen LogP contribution is -2.44. The predicted molar refractivity (Wildman–Crippen MR) is 146 cm³/mol. The number of rotatable bonds is 10. The van der Waals surface area contributed by atoms with E-state index in [0.29, 0.717) is 6.42 Å². The summed E-state index contributed by atoms with van der Waals surface area (Å²) in [6.07, 6.45) is 1.77. The van der Waals surface area contributed by atoms with Crippen molar-refractivity contribution in [3.63, 3.8) is 0 Å². The SMILES string of the molecule is CC(C)(C(=O)OC(O)CCCN1CCC(C(O)(c2ccccc2)c2ccccc2)CC1)c1ccccc1. The van der Waals surface area contributed by atoms with Crippen molar-refractivity contribution in [2.24, 2.45) is 5.92 Å². The summed E-state index contributed by atoms with van der Waals surface area (Å²) in [7, 11) is 0. The number of hydrogen-bond acceptors (Lipinski definition) is 5. The Balaban J connectivity index is 1.28. The summed E-state index contributed by atoms with van der Waals surface area (Å²) < 4.78 is 5.38. The molecule has 0 amide bonds. The van der Waals surface area contributed by atoms with Crippen LogP contribution in [0.15, 0.2) is 91.0 Å². The van der Waals surface area contributed by atoms with Gasteiger partial charge in [0.05, 0.1) is 5.41 Å². The third-order valence-corrected chi connectivity index (χ3v) is 7.78. The number of benzene rings is 3. The standard InChI is InChI=1S/C32H39NO4/c1-31(2,25-13-6-3-7-14-25)30(35)37-29(34)19-12-22-33-23-20-28(21-24-33)32(36,26-15-8-4-9-16-26)27-17-10-5-11-18-27/h3-11,13-18,28-29,34,36H,12,19-24H2,1-2H3. The lowest BCUT2D eigenvalue weighted by Gasteiger charge is -2.42. The van der Waals surface area contributed by atoms with Crippen LogP contribution >= 0.6 is 0 Å². The number of piperidine rings is 1. The molecule has 3 aromatic carbocycles. The molecule has 0 spiro atoms. The van der Waals surface area contributed by atoms with Gasteiger partial charge in [0.15, 0.2) is 0 Å². The number of carbonyl (C=O) groups is 1. The smallest absolute Gasteiger partial charge is 0.318 e. The molecule has 1 aliphatic heterocycles. The molecule has 1 saturated heterocycles. The molecule has 1 atom stereocenters. The van der Waals surface area contributed by atoms with Crippen LogP contribution in [0, 0.1) is 5.92 Å². The number of esters is 1. The van der Waals surface area contributed by atoms with E-state index in [9.17, 15) is 15.0 Å². The topological polar surface area (TPSA) is 70.0 Å². The first kappa shape index (κ1) is 27.1. The number of ether oxygens (including phenoxy) is 1. The molecule has 3 aromatic rings. The maximum atomic E-state index is 12.7. The number of hydrogen-bond donors (Lipinski definition) is 2. The van der Waals surface area contributed by atoms with Crippen LogP contribution in [0.2, 0.25) is 0 Å². The lowest BCUT2D eigenvalue weighted by atomic mass is 9.72. The van der Waals surface area contributed by atoms with Crippen LogP contribution in [0.25, 0.3) is 0 Å². The molecule has 196 valence electrons. The zero-order valence-electron chi connectivity index (χ0n) is 21.9. The minimum atomic E-state index is -1.12. The normalized spacial score (nSPS) is 16.3. The molecular formula is C32H39NO4. The number of aliphatic hydroxyl groups excluding tert-OH is 1. The highest BCUT2D eigenvalue weighted by Gasteiger charge is 2.41. The summed E-state index contributed by atoms with van der Waals surface area (Å²) in [5, 5.41) is 22.4. The van der Waals surface area contributed by atoms with Crippen molar-refractivity contribution in [2.75, 3.05) is 19.6 Å². The Hall–Kier alpha value is -2.99. The minimum Gasteiger partial charge on any atom is -0.435 e. The molecule has 1 unspecified atom stereocenters. The van der Waals surface area contributed by atoms with Crippen molar-refractivity contribution in [1.82, 2.24) is 4.90 Å². The van der Waals surface area contributed by atoms with Gasteiger partial charge < -0.3 is 19.8 Å². The summed E-state index contributed by atoms with van der Waals surface area (Å²) in [6.45, 7) is 6.20. The summed E-state index contributed by atoms with van der Waals surface area (Å²) in [4.78, 5) is 15.1. The fraction of sp³-hybridized carbons (Fsp3) is 0.406. The third-order valence-electron chi connectivity index (χ3n) is 7.78. The van der Waals surface area contributed by atoms with Gasteiger partial charge in [0.2, 0.25) is 6.29 Å². The van der Waals surface area contributed by atoms with E-state index in [-0.39, 0.29) is 5.92 Å². The molecule has 0 saturated carbocycles. The average Bonchev–Trinajstić information content (AvgIpc) is 2.94. The summed E-state index contributed by atoms with van der Waals surface area (Å²) in [5.41, 5.74) is 0.885. The van der Waals surface area contributed by atoms with Crippen molar-refractivity contribution < 1.29 is 19.7 Å². The first-order valence-corrected chi connectivity index (χ1v) is 13.3. The van der Waals surface area contributed by atoms with Crippen LogP contribution in [0.5, 0.6) is 0 Å². The highest BCUT2D eigenvalue weighted by atomic mass is 16.6. The Morgan fingerprint density at radius 2 is 1.32 bits per heavy atom. The van der Waals surface area contributed by atoms with Crippen molar-refractivity contribution >= 4 is 5.97 Å². The first-order chi connectivity index (χ1) is 17.8. The van der Waals surface area contributed by atoms with Crippen molar-refractivity contribution in [3.8, 4) is 0 Å². The van der Waals surface area contributed by atoms with Crippen LogP contribution in [0.3, 0.4) is 0 Å². The van der Waals surface area contributed by atoms with Gasteiger partial charge in [-0.1, -0.05) is 91.0 Å². The van der Waals surface area contributed by atoms with Crippen molar-refractivity contribution in [1.29, 1.82) is 0 Å². The average molecular weight is 502 g/mol. The highest BCUT2D eigenvalue weighted by molar-refractivity contribution is 5.82. The molecule has 0 aliphatic carbocycles. The van der Waals surface area contributed by atoms with Gasteiger partial charge in [0.1, 0.15) is 5.60 Å². The second-order valence-electron chi connectivity index (χ2n) is 10.6. The zero-order chi connectivity index (χ0) is 26.3. The van der Waals surface area contributed by atoms with E-state index in [4.69, 9.17) is 4.74 Å². The van der Waals surface area contributed by atoms with Gasteiger partial charge >= 0.3 is 5.97 Å². The van der Waals surface area contributed by atoms with Gasteiger partial charge in [-0.05, 0) is 75.4 Å². The second kappa shape index (κ2) is 12.0. The number of nitrogens with zero attached hydrogens (tertiary/aromatic N) is 1. The van der Waals surface area contributed by atoms with Gasteiger partial charge in [-0.3, -0.25) is 4.79 Å². The molecule has 2 N–H and O–H groups in total. The molecule has 1 fully saturated rings. The van der Waals surface area contributed by atoms with Gasteiger partial charge in [0.25, 0.3) is 0 Å². The largest absolute Gasteiger partial charge is 0.435 e. The summed E-state index contributed by atoms with van der Waals surface area (Å²) >= 11 is 0. The molecule has 37 heavy (non-hydrogen) atoms. The monoisotopic (exact) mass is 501 g/mol. The maximum absolute atomic E-state index is 12.7. The number of likely N-dealkylation sites (tertiary alicyclic amines) is 1. The fourth-order valence-corrected chi connectivity index (χ4v) is 5.39. The molecule has 5 heteroatoms. The Kier molecular flexibility index (Phi) is 8.80. The van der Waals surface area contributed by atoms with E-state index in [2.05, 4.69) is 4.90 Å². The molecular weight excluding hydrogens is 462 g/mol. The Morgan fingerprint density at radius 1 is 0.865 bits per heavy atom. The van der Waals surface area contributed by atoms with E-state index in [1.54, 1.807) is 0 Å². The first-order valence-electron chi connectivity index (χ1n) is 13.3. The van der Waals surface area contributed by atoms with Crippen LogP contribution in [-0.2, 0) is 20.5 Å². The number of aliphatic hydroxyl groups is 2. The van der Waals surface area contributed by atoms with Crippen molar-refractivity contribution in [2.45, 2.75) is 56.8 Å². The Morgan fingerprint density at radius 3 is 1.81 bits per heavy atom. The van der Waals surface area contributed by atoms with Crippen LogP contribution in [-0.4, -0.2) is 47.0 Å². The van der Waals surface area contributed by atoms with E-state index in [1.165, 1.54) is 0 Å².